The lowest BCUT2D eigenvalue weighted by Crippen LogP contribution is -2.34. The van der Waals surface area contributed by atoms with Crippen molar-refractivity contribution in [2.45, 2.75) is 31.8 Å². The summed E-state index contributed by atoms with van der Waals surface area (Å²) in [5.74, 6) is 0.960. The van der Waals surface area contributed by atoms with Gasteiger partial charge in [-0.3, -0.25) is 0 Å². The highest BCUT2D eigenvalue weighted by molar-refractivity contribution is 9.10. The number of rotatable bonds is 4. The molecule has 0 bridgehead atoms. The standard InChI is InChI=1S/C18H20BrNO/c1-21-18-9-5-14-4-8-17(10-15(14)11-18)20-12-13-2-6-16(19)7-3-13/h2-3,5-7,9,11,17,20H,4,8,10,12H2,1H3. The Balaban J connectivity index is 1.62. The van der Waals surface area contributed by atoms with Crippen molar-refractivity contribution in [2.75, 3.05) is 7.11 Å². The topological polar surface area (TPSA) is 21.3 Å². The van der Waals surface area contributed by atoms with E-state index in [9.17, 15) is 0 Å². The number of nitrogens with one attached hydrogen (secondary N) is 1. The molecule has 1 aliphatic carbocycles. The number of hydrogen-bond acceptors (Lipinski definition) is 2. The number of hydrogen-bond donors (Lipinski definition) is 1. The van der Waals surface area contributed by atoms with E-state index in [1.54, 1.807) is 7.11 Å². The van der Waals surface area contributed by atoms with E-state index in [0.717, 1.165) is 29.6 Å². The Morgan fingerprint density at radius 2 is 1.95 bits per heavy atom. The number of fused-ring (bicyclic) bond motifs is 1. The second-order valence-electron chi connectivity index (χ2n) is 5.58. The van der Waals surface area contributed by atoms with E-state index in [1.165, 1.54) is 23.1 Å². The lowest BCUT2D eigenvalue weighted by Gasteiger charge is -2.26. The molecule has 21 heavy (non-hydrogen) atoms. The van der Waals surface area contributed by atoms with Crippen LogP contribution in [0, 0.1) is 0 Å². The van der Waals surface area contributed by atoms with Crippen LogP contribution in [-0.4, -0.2) is 13.2 Å². The molecule has 3 heteroatoms. The SMILES string of the molecule is COc1ccc2c(c1)CC(NCc1ccc(Br)cc1)CC2. The summed E-state index contributed by atoms with van der Waals surface area (Å²) in [7, 11) is 1.73. The van der Waals surface area contributed by atoms with Crippen LogP contribution in [0.4, 0.5) is 0 Å². The quantitative estimate of drug-likeness (QED) is 0.900. The third-order valence-corrected chi connectivity index (χ3v) is 4.68. The van der Waals surface area contributed by atoms with Crippen LogP contribution < -0.4 is 10.1 Å². The molecule has 1 unspecified atom stereocenters. The number of aryl methyl sites for hydroxylation is 1. The van der Waals surface area contributed by atoms with Crippen LogP contribution in [0.25, 0.3) is 0 Å². The van der Waals surface area contributed by atoms with Crippen LogP contribution in [-0.2, 0) is 19.4 Å². The summed E-state index contributed by atoms with van der Waals surface area (Å²) < 4.78 is 6.46. The van der Waals surface area contributed by atoms with Crippen molar-refractivity contribution in [2.24, 2.45) is 0 Å². The molecule has 0 aromatic heterocycles. The predicted octanol–water partition coefficient (Wildman–Crippen LogP) is 4.10. The van der Waals surface area contributed by atoms with Crippen molar-refractivity contribution in [3.63, 3.8) is 0 Å². The molecule has 2 nitrogen and oxygen atoms in total. The molecular formula is C18H20BrNO. The number of methoxy groups -OCH3 is 1. The van der Waals surface area contributed by atoms with Gasteiger partial charge in [0.15, 0.2) is 0 Å². The van der Waals surface area contributed by atoms with Crippen molar-refractivity contribution >= 4 is 15.9 Å². The van der Waals surface area contributed by atoms with Crippen LogP contribution in [0.15, 0.2) is 46.9 Å². The summed E-state index contributed by atoms with van der Waals surface area (Å²) in [6, 6.07) is 15.5. The fraction of sp³-hybridized carbons (Fsp3) is 0.333. The van der Waals surface area contributed by atoms with Crippen molar-refractivity contribution in [1.29, 1.82) is 0 Å². The van der Waals surface area contributed by atoms with E-state index >= 15 is 0 Å². The molecule has 0 fully saturated rings. The molecule has 0 saturated carbocycles. The molecule has 1 N–H and O–H groups in total. The van der Waals surface area contributed by atoms with Gasteiger partial charge in [0.2, 0.25) is 0 Å². The Morgan fingerprint density at radius 3 is 2.71 bits per heavy atom. The number of benzene rings is 2. The van der Waals surface area contributed by atoms with Crippen molar-refractivity contribution < 1.29 is 4.74 Å². The molecule has 0 radical (unpaired) electrons. The summed E-state index contributed by atoms with van der Waals surface area (Å²) in [6.45, 7) is 0.928. The molecule has 3 rings (SSSR count). The van der Waals surface area contributed by atoms with E-state index in [-0.39, 0.29) is 0 Å². The van der Waals surface area contributed by atoms with Gasteiger partial charge in [-0.25, -0.2) is 0 Å². The van der Waals surface area contributed by atoms with Gasteiger partial charge in [-0.15, -0.1) is 0 Å². The summed E-state index contributed by atoms with van der Waals surface area (Å²) in [5.41, 5.74) is 4.22. The second-order valence-corrected chi connectivity index (χ2v) is 6.50. The van der Waals surface area contributed by atoms with Gasteiger partial charge in [-0.2, -0.15) is 0 Å². The van der Waals surface area contributed by atoms with Crippen molar-refractivity contribution in [3.05, 3.63) is 63.6 Å². The molecule has 1 atom stereocenters. The zero-order valence-corrected chi connectivity index (χ0v) is 13.8. The largest absolute Gasteiger partial charge is 0.497 e. The molecule has 0 saturated heterocycles. The third kappa shape index (κ3) is 3.66. The summed E-state index contributed by atoms with van der Waals surface area (Å²) in [6.07, 6.45) is 3.44. The fourth-order valence-corrected chi connectivity index (χ4v) is 3.16. The monoisotopic (exact) mass is 345 g/mol. The van der Waals surface area contributed by atoms with E-state index in [2.05, 4.69) is 63.7 Å². The molecule has 0 aliphatic heterocycles. The average Bonchev–Trinajstić information content (AvgIpc) is 2.53. The second kappa shape index (κ2) is 6.63. The Bertz CT molecular complexity index is 609. The minimum Gasteiger partial charge on any atom is -0.497 e. The Hall–Kier alpha value is -1.32. The highest BCUT2D eigenvalue weighted by atomic mass is 79.9. The average molecular weight is 346 g/mol. The maximum Gasteiger partial charge on any atom is 0.119 e. The maximum absolute atomic E-state index is 5.33. The number of halogens is 1. The first-order valence-electron chi connectivity index (χ1n) is 7.38. The van der Waals surface area contributed by atoms with Gasteiger partial charge in [0, 0.05) is 17.1 Å². The smallest absolute Gasteiger partial charge is 0.119 e. The summed E-state index contributed by atoms with van der Waals surface area (Å²) >= 11 is 3.47. The normalized spacial score (nSPS) is 17.3. The van der Waals surface area contributed by atoms with Gasteiger partial charge in [-0.05, 0) is 60.2 Å². The first kappa shape index (κ1) is 14.6. The molecule has 0 spiro atoms. The van der Waals surface area contributed by atoms with Gasteiger partial charge >= 0.3 is 0 Å². The lowest BCUT2D eigenvalue weighted by atomic mass is 9.88. The molecule has 1 aliphatic rings. The fourth-order valence-electron chi connectivity index (χ4n) is 2.90. The van der Waals surface area contributed by atoms with Gasteiger partial charge in [-0.1, -0.05) is 34.1 Å². The third-order valence-electron chi connectivity index (χ3n) is 4.15. The van der Waals surface area contributed by atoms with Gasteiger partial charge in [0.05, 0.1) is 7.11 Å². The Morgan fingerprint density at radius 1 is 1.14 bits per heavy atom. The van der Waals surface area contributed by atoms with E-state index in [4.69, 9.17) is 4.74 Å². The molecule has 110 valence electrons. The molecular weight excluding hydrogens is 326 g/mol. The molecule has 0 amide bonds. The summed E-state index contributed by atoms with van der Waals surface area (Å²) in [5, 5.41) is 3.68. The predicted molar refractivity (Wildman–Crippen MR) is 89.8 cm³/mol. The van der Waals surface area contributed by atoms with Crippen molar-refractivity contribution in [1.82, 2.24) is 5.32 Å². The highest BCUT2D eigenvalue weighted by Gasteiger charge is 2.18. The molecule has 2 aromatic carbocycles. The van der Waals surface area contributed by atoms with Crippen LogP contribution in [0.3, 0.4) is 0 Å². The lowest BCUT2D eigenvalue weighted by molar-refractivity contribution is 0.411. The zero-order chi connectivity index (χ0) is 14.7. The van der Waals surface area contributed by atoms with Crippen LogP contribution >= 0.6 is 15.9 Å². The minimum absolute atomic E-state index is 0.549. The van der Waals surface area contributed by atoms with Crippen molar-refractivity contribution in [3.8, 4) is 5.75 Å². The van der Waals surface area contributed by atoms with E-state index in [0.29, 0.717) is 6.04 Å². The molecule has 0 heterocycles. The van der Waals surface area contributed by atoms with E-state index < -0.39 is 0 Å². The number of ether oxygens (including phenoxy) is 1. The van der Waals surface area contributed by atoms with E-state index in [1.807, 2.05) is 0 Å². The first-order valence-corrected chi connectivity index (χ1v) is 8.17. The van der Waals surface area contributed by atoms with Crippen LogP contribution in [0.2, 0.25) is 0 Å². The van der Waals surface area contributed by atoms with Gasteiger partial charge < -0.3 is 10.1 Å². The maximum atomic E-state index is 5.33. The van der Waals surface area contributed by atoms with Crippen LogP contribution in [0.5, 0.6) is 5.75 Å². The molecule has 2 aromatic rings. The Labute approximate surface area is 134 Å². The zero-order valence-electron chi connectivity index (χ0n) is 12.2. The minimum atomic E-state index is 0.549. The van der Waals surface area contributed by atoms with Gasteiger partial charge in [0.1, 0.15) is 5.75 Å². The van der Waals surface area contributed by atoms with Gasteiger partial charge in [0.25, 0.3) is 0 Å². The summed E-state index contributed by atoms with van der Waals surface area (Å²) in [4.78, 5) is 0. The van der Waals surface area contributed by atoms with Crippen LogP contribution in [0.1, 0.15) is 23.1 Å². The first-order chi connectivity index (χ1) is 10.2. The highest BCUT2D eigenvalue weighted by Crippen LogP contribution is 2.25. The Kier molecular flexibility index (Phi) is 4.61.